The molecular weight excluding hydrogens is 348 g/mol. The normalized spacial score (nSPS) is 11.8. The zero-order valence-corrected chi connectivity index (χ0v) is 16.2. The van der Waals surface area contributed by atoms with Crippen molar-refractivity contribution in [2.75, 3.05) is 19.5 Å². The van der Waals surface area contributed by atoms with E-state index in [1.165, 1.54) is 20.5 Å². The van der Waals surface area contributed by atoms with Crippen LogP contribution in [0.2, 0.25) is 0 Å². The van der Waals surface area contributed by atoms with Crippen molar-refractivity contribution in [1.82, 2.24) is 25.4 Å². The number of hydrogen-bond acceptors (Lipinski definition) is 5. The molecular formula is C18H26N6O3. The molecule has 0 fully saturated rings. The van der Waals surface area contributed by atoms with Gasteiger partial charge in [0.1, 0.15) is 17.9 Å². The molecule has 0 radical (unpaired) electrons. The van der Waals surface area contributed by atoms with Gasteiger partial charge in [-0.1, -0.05) is 13.8 Å². The standard InChI is InChI=1S/C18H26N6O3/c1-11(2)8-14(16-20-10-21-24(16)4)23-18(26)22-12-6-7-15(27-5)13(9-12)17(25)19-3/h6-7,9-11,14H,8H2,1-5H3,(H,19,25)(H2,22,23,26)/t14-/m0/s1. The number of aryl methyl sites for hydroxylation is 1. The molecule has 0 spiro atoms. The van der Waals surface area contributed by atoms with Crippen molar-refractivity contribution in [2.45, 2.75) is 26.3 Å². The number of ether oxygens (including phenoxy) is 1. The number of carbonyl (C=O) groups excluding carboxylic acids is 2. The molecule has 1 aromatic carbocycles. The first-order valence-corrected chi connectivity index (χ1v) is 8.67. The Labute approximate surface area is 158 Å². The number of benzene rings is 1. The number of anilines is 1. The minimum atomic E-state index is -0.392. The van der Waals surface area contributed by atoms with Crippen LogP contribution in [0, 0.1) is 5.92 Å². The maximum Gasteiger partial charge on any atom is 0.319 e. The number of nitrogens with one attached hydrogen (secondary N) is 3. The molecule has 1 atom stereocenters. The topological polar surface area (TPSA) is 110 Å². The summed E-state index contributed by atoms with van der Waals surface area (Å²) in [7, 11) is 4.80. The van der Waals surface area contributed by atoms with Crippen molar-refractivity contribution in [3.63, 3.8) is 0 Å². The summed E-state index contributed by atoms with van der Waals surface area (Å²) in [4.78, 5) is 28.7. The van der Waals surface area contributed by atoms with Crippen molar-refractivity contribution in [3.8, 4) is 5.75 Å². The summed E-state index contributed by atoms with van der Waals surface area (Å²) in [5.41, 5.74) is 0.818. The third-order valence-electron chi connectivity index (χ3n) is 4.00. The zero-order valence-electron chi connectivity index (χ0n) is 16.2. The van der Waals surface area contributed by atoms with Gasteiger partial charge in [-0.15, -0.1) is 0 Å². The van der Waals surface area contributed by atoms with Gasteiger partial charge >= 0.3 is 6.03 Å². The number of rotatable bonds is 7. The van der Waals surface area contributed by atoms with Crippen LogP contribution in [-0.2, 0) is 7.05 Å². The first-order chi connectivity index (χ1) is 12.8. The lowest BCUT2D eigenvalue weighted by Crippen LogP contribution is -2.34. The van der Waals surface area contributed by atoms with E-state index in [-0.39, 0.29) is 11.9 Å². The Balaban J connectivity index is 2.15. The molecule has 146 valence electrons. The SMILES string of the molecule is CNC(=O)c1cc(NC(=O)N[C@@H](CC(C)C)c2ncnn2C)ccc1OC. The second kappa shape index (κ2) is 9.02. The molecule has 0 bridgehead atoms. The molecule has 9 nitrogen and oxygen atoms in total. The van der Waals surface area contributed by atoms with Crippen LogP contribution in [0.15, 0.2) is 24.5 Å². The number of urea groups is 1. The fourth-order valence-corrected chi connectivity index (χ4v) is 2.74. The molecule has 2 aromatic rings. The summed E-state index contributed by atoms with van der Waals surface area (Å²) >= 11 is 0. The van der Waals surface area contributed by atoms with Gasteiger partial charge in [0.15, 0.2) is 0 Å². The maximum absolute atomic E-state index is 12.5. The molecule has 0 aliphatic carbocycles. The molecule has 2 rings (SSSR count). The zero-order chi connectivity index (χ0) is 20.0. The van der Waals surface area contributed by atoms with Crippen LogP contribution in [0.5, 0.6) is 5.75 Å². The quantitative estimate of drug-likeness (QED) is 0.687. The Bertz CT molecular complexity index is 802. The minimum Gasteiger partial charge on any atom is -0.496 e. The third kappa shape index (κ3) is 5.19. The highest BCUT2D eigenvalue weighted by atomic mass is 16.5. The van der Waals surface area contributed by atoms with Crippen LogP contribution >= 0.6 is 0 Å². The van der Waals surface area contributed by atoms with Crippen LogP contribution in [0.4, 0.5) is 10.5 Å². The Hall–Kier alpha value is -3.10. The third-order valence-corrected chi connectivity index (χ3v) is 4.00. The summed E-state index contributed by atoms with van der Waals surface area (Å²) in [6, 6.07) is 4.20. The average molecular weight is 374 g/mol. The van der Waals surface area contributed by atoms with E-state index in [4.69, 9.17) is 4.74 Å². The van der Waals surface area contributed by atoms with Crippen LogP contribution in [-0.4, -0.2) is 40.9 Å². The average Bonchev–Trinajstić information content (AvgIpc) is 3.06. The van der Waals surface area contributed by atoms with E-state index in [2.05, 4.69) is 39.9 Å². The highest BCUT2D eigenvalue weighted by Gasteiger charge is 2.21. The second-order valence-corrected chi connectivity index (χ2v) is 6.52. The van der Waals surface area contributed by atoms with Gasteiger partial charge in [0.25, 0.3) is 5.91 Å². The smallest absolute Gasteiger partial charge is 0.319 e. The first kappa shape index (κ1) is 20.2. The summed E-state index contributed by atoms with van der Waals surface area (Å²) < 4.78 is 6.83. The van der Waals surface area contributed by atoms with Crippen molar-refractivity contribution < 1.29 is 14.3 Å². The van der Waals surface area contributed by atoms with Crippen molar-refractivity contribution in [1.29, 1.82) is 0 Å². The van der Waals surface area contributed by atoms with Gasteiger partial charge in [-0.2, -0.15) is 5.10 Å². The van der Waals surface area contributed by atoms with Crippen LogP contribution in [0.1, 0.15) is 42.5 Å². The Morgan fingerprint density at radius 1 is 1.30 bits per heavy atom. The maximum atomic E-state index is 12.5. The van der Waals surface area contributed by atoms with Gasteiger partial charge in [0, 0.05) is 19.8 Å². The number of nitrogens with zero attached hydrogens (tertiary/aromatic N) is 3. The van der Waals surface area contributed by atoms with Crippen LogP contribution < -0.4 is 20.7 Å². The largest absolute Gasteiger partial charge is 0.496 e. The van der Waals surface area contributed by atoms with Crippen molar-refractivity contribution in [3.05, 3.63) is 35.9 Å². The van der Waals surface area contributed by atoms with E-state index in [1.807, 2.05) is 0 Å². The van der Waals surface area contributed by atoms with Crippen molar-refractivity contribution >= 4 is 17.6 Å². The van der Waals surface area contributed by atoms with E-state index in [1.54, 1.807) is 29.9 Å². The summed E-state index contributed by atoms with van der Waals surface area (Å²) in [5, 5.41) is 12.3. The molecule has 0 aliphatic rings. The van der Waals surface area contributed by atoms with Gasteiger partial charge in [0.05, 0.1) is 18.7 Å². The number of amides is 3. The predicted molar refractivity (Wildman–Crippen MR) is 102 cm³/mol. The lowest BCUT2D eigenvalue weighted by molar-refractivity contribution is 0.0960. The molecule has 0 saturated heterocycles. The molecule has 3 amide bonds. The van der Waals surface area contributed by atoms with E-state index < -0.39 is 6.03 Å². The Morgan fingerprint density at radius 3 is 2.59 bits per heavy atom. The van der Waals surface area contributed by atoms with Crippen LogP contribution in [0.3, 0.4) is 0 Å². The molecule has 3 N–H and O–H groups in total. The summed E-state index contributed by atoms with van der Waals surface area (Å²) in [5.74, 6) is 1.16. The lowest BCUT2D eigenvalue weighted by Gasteiger charge is -2.20. The number of aromatic nitrogens is 3. The van der Waals surface area contributed by atoms with Gasteiger partial charge < -0.3 is 20.7 Å². The molecule has 0 saturated carbocycles. The second-order valence-electron chi connectivity index (χ2n) is 6.52. The fraction of sp³-hybridized carbons (Fsp3) is 0.444. The van der Waals surface area contributed by atoms with E-state index in [9.17, 15) is 9.59 Å². The molecule has 27 heavy (non-hydrogen) atoms. The summed E-state index contributed by atoms with van der Waals surface area (Å²) in [6.07, 6.45) is 2.17. The fourth-order valence-electron chi connectivity index (χ4n) is 2.74. The van der Waals surface area contributed by atoms with Gasteiger partial charge in [-0.25, -0.2) is 9.78 Å². The number of methoxy groups -OCH3 is 1. The van der Waals surface area contributed by atoms with Crippen LogP contribution in [0.25, 0.3) is 0 Å². The molecule has 1 aromatic heterocycles. The minimum absolute atomic E-state index is 0.283. The van der Waals surface area contributed by atoms with Crippen molar-refractivity contribution in [2.24, 2.45) is 13.0 Å². The highest BCUT2D eigenvalue weighted by Crippen LogP contribution is 2.23. The Morgan fingerprint density at radius 2 is 2.04 bits per heavy atom. The van der Waals surface area contributed by atoms with Gasteiger partial charge in [0.2, 0.25) is 0 Å². The Kier molecular flexibility index (Phi) is 6.75. The first-order valence-electron chi connectivity index (χ1n) is 8.67. The van der Waals surface area contributed by atoms with Gasteiger partial charge in [-0.3, -0.25) is 9.48 Å². The summed E-state index contributed by atoms with van der Waals surface area (Å²) in [6.45, 7) is 4.14. The van der Waals surface area contributed by atoms with E-state index >= 15 is 0 Å². The highest BCUT2D eigenvalue weighted by molar-refractivity contribution is 5.99. The van der Waals surface area contributed by atoms with E-state index in [0.29, 0.717) is 35.2 Å². The molecule has 0 aliphatic heterocycles. The number of hydrogen-bond donors (Lipinski definition) is 3. The monoisotopic (exact) mass is 374 g/mol. The lowest BCUT2D eigenvalue weighted by atomic mass is 10.0. The molecule has 9 heteroatoms. The predicted octanol–water partition coefficient (Wildman–Crippen LogP) is 2.09. The van der Waals surface area contributed by atoms with E-state index in [0.717, 1.165) is 0 Å². The molecule has 0 unspecified atom stereocenters. The van der Waals surface area contributed by atoms with Gasteiger partial charge in [-0.05, 0) is 30.5 Å². The molecule has 1 heterocycles. The number of carbonyl (C=O) groups is 2.